The van der Waals surface area contributed by atoms with Gasteiger partial charge in [0.25, 0.3) is 5.91 Å². The lowest BCUT2D eigenvalue weighted by molar-refractivity contribution is 0.0946. The molecule has 0 spiro atoms. The second-order valence-electron chi connectivity index (χ2n) is 4.31. The Kier molecular flexibility index (Phi) is 4.94. The lowest BCUT2D eigenvalue weighted by Crippen LogP contribution is -2.29. The van der Waals surface area contributed by atoms with Crippen molar-refractivity contribution in [3.8, 4) is 0 Å². The number of nitrogens with one attached hydrogen (secondary N) is 1. The van der Waals surface area contributed by atoms with Crippen molar-refractivity contribution in [3.63, 3.8) is 0 Å². The number of amides is 1. The lowest BCUT2D eigenvalue weighted by atomic mass is 10.0. The summed E-state index contributed by atoms with van der Waals surface area (Å²) in [6.07, 6.45) is 2.16. The molecule has 1 amide bonds. The summed E-state index contributed by atoms with van der Waals surface area (Å²) in [6.45, 7) is 6.81. The van der Waals surface area contributed by atoms with Crippen molar-refractivity contribution in [1.29, 1.82) is 0 Å². The van der Waals surface area contributed by atoms with Gasteiger partial charge in [-0.1, -0.05) is 26.7 Å². The third kappa shape index (κ3) is 4.06. The summed E-state index contributed by atoms with van der Waals surface area (Å²) in [5, 5.41) is 2.93. The highest BCUT2D eigenvalue weighted by Crippen LogP contribution is 2.09. The molecule has 1 rings (SSSR count). The third-order valence-corrected chi connectivity index (χ3v) is 2.94. The maximum Gasteiger partial charge on any atom is 0.251 e. The topological polar surface area (TPSA) is 68.0 Å². The van der Waals surface area contributed by atoms with Gasteiger partial charge >= 0.3 is 0 Å². The molecule has 0 radical (unpaired) electrons. The zero-order chi connectivity index (χ0) is 12.8. The van der Waals surface area contributed by atoms with E-state index in [-0.39, 0.29) is 5.91 Å². The minimum absolute atomic E-state index is 0.0749. The van der Waals surface area contributed by atoms with Crippen LogP contribution in [0.5, 0.6) is 0 Å². The van der Waals surface area contributed by atoms with Crippen molar-refractivity contribution in [1.82, 2.24) is 10.3 Å². The molecule has 4 heteroatoms. The van der Waals surface area contributed by atoms with Crippen LogP contribution >= 0.6 is 0 Å². The van der Waals surface area contributed by atoms with Gasteiger partial charge in [-0.25, -0.2) is 4.98 Å². The number of anilines is 1. The Morgan fingerprint density at radius 2 is 2.06 bits per heavy atom. The van der Waals surface area contributed by atoms with Crippen molar-refractivity contribution in [3.05, 3.63) is 23.4 Å². The summed E-state index contributed by atoms with van der Waals surface area (Å²) in [5.41, 5.74) is 6.96. The molecule has 0 saturated carbocycles. The van der Waals surface area contributed by atoms with Gasteiger partial charge in [0, 0.05) is 17.8 Å². The van der Waals surface area contributed by atoms with E-state index in [0.29, 0.717) is 23.8 Å². The molecular formula is C13H21N3O. The number of aryl methyl sites for hydroxylation is 1. The molecule has 1 heterocycles. The molecule has 17 heavy (non-hydrogen) atoms. The van der Waals surface area contributed by atoms with Gasteiger partial charge in [0.05, 0.1) is 0 Å². The van der Waals surface area contributed by atoms with Crippen LogP contribution in [-0.2, 0) is 0 Å². The zero-order valence-electron chi connectivity index (χ0n) is 10.8. The Hall–Kier alpha value is -1.58. The summed E-state index contributed by atoms with van der Waals surface area (Å²) >= 11 is 0. The molecule has 0 aliphatic rings. The molecule has 0 aliphatic heterocycles. The Labute approximate surface area is 103 Å². The van der Waals surface area contributed by atoms with Gasteiger partial charge in [0.2, 0.25) is 0 Å². The Balaban J connectivity index is 2.63. The number of nitrogens with zero attached hydrogens (tertiary/aromatic N) is 1. The largest absolute Gasteiger partial charge is 0.384 e. The molecule has 0 saturated heterocycles. The van der Waals surface area contributed by atoms with E-state index in [1.807, 2.05) is 6.92 Å². The number of aromatic nitrogens is 1. The van der Waals surface area contributed by atoms with E-state index < -0.39 is 0 Å². The number of pyridine rings is 1. The summed E-state index contributed by atoms with van der Waals surface area (Å²) in [4.78, 5) is 15.9. The average Bonchev–Trinajstić information content (AvgIpc) is 2.28. The minimum Gasteiger partial charge on any atom is -0.384 e. The number of hydrogen-bond acceptors (Lipinski definition) is 3. The number of hydrogen-bond donors (Lipinski definition) is 2. The number of nitrogen functional groups attached to an aromatic ring is 1. The molecule has 0 fully saturated rings. The predicted octanol–water partition coefficient (Wildman–Crippen LogP) is 2.14. The first-order valence-electron chi connectivity index (χ1n) is 6.09. The highest BCUT2D eigenvalue weighted by Gasteiger charge is 2.09. The fourth-order valence-electron chi connectivity index (χ4n) is 1.74. The van der Waals surface area contributed by atoms with Gasteiger partial charge in [0.15, 0.2) is 0 Å². The zero-order valence-corrected chi connectivity index (χ0v) is 10.8. The van der Waals surface area contributed by atoms with Crippen molar-refractivity contribution in [2.45, 2.75) is 33.6 Å². The summed E-state index contributed by atoms with van der Waals surface area (Å²) < 4.78 is 0. The van der Waals surface area contributed by atoms with Crippen LogP contribution < -0.4 is 11.1 Å². The highest BCUT2D eigenvalue weighted by atomic mass is 16.1. The molecule has 0 aromatic carbocycles. The Morgan fingerprint density at radius 1 is 1.41 bits per heavy atom. The van der Waals surface area contributed by atoms with Gasteiger partial charge in [-0.2, -0.15) is 0 Å². The maximum atomic E-state index is 11.9. The van der Waals surface area contributed by atoms with Crippen molar-refractivity contribution in [2.24, 2.45) is 5.92 Å². The molecule has 0 aliphatic carbocycles. The fraction of sp³-hybridized carbons (Fsp3) is 0.538. The first-order chi connectivity index (χ1) is 8.06. The van der Waals surface area contributed by atoms with Gasteiger partial charge in [0.1, 0.15) is 5.82 Å². The number of carbonyl (C=O) groups excluding carboxylic acids is 1. The van der Waals surface area contributed by atoms with E-state index in [0.717, 1.165) is 18.5 Å². The van der Waals surface area contributed by atoms with Crippen LogP contribution in [0.2, 0.25) is 0 Å². The molecular weight excluding hydrogens is 214 g/mol. The summed E-state index contributed by atoms with van der Waals surface area (Å²) in [7, 11) is 0. The van der Waals surface area contributed by atoms with Gasteiger partial charge in [-0.05, 0) is 25.0 Å². The van der Waals surface area contributed by atoms with Crippen molar-refractivity contribution in [2.75, 3.05) is 12.3 Å². The van der Waals surface area contributed by atoms with Crippen molar-refractivity contribution >= 4 is 11.7 Å². The molecule has 0 unspecified atom stereocenters. The summed E-state index contributed by atoms with van der Waals surface area (Å²) in [6, 6.07) is 3.35. The third-order valence-electron chi connectivity index (χ3n) is 2.94. The number of nitrogens with two attached hydrogens (primary N) is 1. The van der Waals surface area contributed by atoms with E-state index in [1.165, 1.54) is 0 Å². The maximum absolute atomic E-state index is 11.9. The highest BCUT2D eigenvalue weighted by molar-refractivity contribution is 5.94. The van der Waals surface area contributed by atoms with Crippen LogP contribution in [0.1, 0.15) is 42.7 Å². The van der Waals surface area contributed by atoms with E-state index in [9.17, 15) is 4.79 Å². The molecule has 3 N–H and O–H groups in total. The smallest absolute Gasteiger partial charge is 0.251 e. The van der Waals surface area contributed by atoms with Crippen LogP contribution in [0.25, 0.3) is 0 Å². The van der Waals surface area contributed by atoms with E-state index in [1.54, 1.807) is 12.1 Å². The van der Waals surface area contributed by atoms with Crippen LogP contribution in [-0.4, -0.2) is 17.4 Å². The Morgan fingerprint density at radius 3 is 2.59 bits per heavy atom. The normalized spacial score (nSPS) is 10.6. The number of carbonyl (C=O) groups is 1. The minimum atomic E-state index is -0.0749. The first-order valence-corrected chi connectivity index (χ1v) is 6.09. The van der Waals surface area contributed by atoms with E-state index in [4.69, 9.17) is 5.73 Å². The average molecular weight is 235 g/mol. The Bertz CT molecular complexity index is 366. The predicted molar refractivity (Wildman–Crippen MR) is 69.8 cm³/mol. The van der Waals surface area contributed by atoms with E-state index >= 15 is 0 Å². The van der Waals surface area contributed by atoms with Crippen molar-refractivity contribution < 1.29 is 4.79 Å². The molecule has 94 valence electrons. The van der Waals surface area contributed by atoms with Gasteiger partial charge in [-0.3, -0.25) is 4.79 Å². The van der Waals surface area contributed by atoms with Gasteiger partial charge in [-0.15, -0.1) is 0 Å². The van der Waals surface area contributed by atoms with E-state index in [2.05, 4.69) is 24.1 Å². The second kappa shape index (κ2) is 6.23. The molecule has 1 aromatic rings. The standard InChI is InChI=1S/C13H21N3O/c1-4-10(5-2)8-15-13(17)11-6-9(3)16-12(14)7-11/h6-7,10H,4-5,8H2,1-3H3,(H2,14,16)(H,15,17). The monoisotopic (exact) mass is 235 g/mol. The number of rotatable bonds is 5. The lowest BCUT2D eigenvalue weighted by Gasteiger charge is -2.13. The SMILES string of the molecule is CCC(CC)CNC(=O)c1cc(C)nc(N)c1. The van der Waals surface area contributed by atoms with Crippen LogP contribution in [0.4, 0.5) is 5.82 Å². The van der Waals surface area contributed by atoms with Crippen LogP contribution in [0.15, 0.2) is 12.1 Å². The van der Waals surface area contributed by atoms with Gasteiger partial charge < -0.3 is 11.1 Å². The quantitative estimate of drug-likeness (QED) is 0.821. The fourth-order valence-corrected chi connectivity index (χ4v) is 1.74. The second-order valence-corrected chi connectivity index (χ2v) is 4.31. The summed E-state index contributed by atoms with van der Waals surface area (Å²) in [5.74, 6) is 0.853. The molecule has 1 aromatic heterocycles. The molecule has 4 nitrogen and oxygen atoms in total. The first kappa shape index (κ1) is 13.5. The van der Waals surface area contributed by atoms with Crippen LogP contribution in [0.3, 0.4) is 0 Å². The molecule has 0 bridgehead atoms. The molecule has 0 atom stereocenters. The van der Waals surface area contributed by atoms with Crippen LogP contribution in [0, 0.1) is 12.8 Å².